The number of rotatable bonds is 15. The van der Waals surface area contributed by atoms with Crippen molar-refractivity contribution in [2.45, 2.75) is 71.1 Å². The van der Waals surface area contributed by atoms with E-state index in [2.05, 4.69) is 47.0 Å². The Labute approximate surface area is 156 Å². The van der Waals surface area contributed by atoms with Gasteiger partial charge in [0, 0.05) is 10.1 Å². The lowest BCUT2D eigenvalue weighted by Gasteiger charge is -2.07. The van der Waals surface area contributed by atoms with E-state index in [9.17, 15) is 0 Å². The predicted octanol–water partition coefficient (Wildman–Crippen LogP) is 6.18. The van der Waals surface area contributed by atoms with Gasteiger partial charge in [-0.2, -0.15) is 0 Å². The molecular weight excluding hydrogens is 397 g/mol. The van der Waals surface area contributed by atoms with Gasteiger partial charge in [0.1, 0.15) is 12.4 Å². The van der Waals surface area contributed by atoms with Crippen molar-refractivity contribution in [2.24, 2.45) is 0 Å². The third-order valence-electron chi connectivity index (χ3n) is 4.07. The number of ether oxygens (including phenoxy) is 1. The van der Waals surface area contributed by atoms with Crippen molar-refractivity contribution < 1.29 is 4.74 Å². The third kappa shape index (κ3) is 12.8. The van der Waals surface area contributed by atoms with Crippen molar-refractivity contribution in [3.05, 3.63) is 27.8 Å². The van der Waals surface area contributed by atoms with Gasteiger partial charge in [0.2, 0.25) is 0 Å². The first kappa shape index (κ1) is 20.8. The number of unbranched alkanes of at least 4 members (excludes halogenated alkanes) is 9. The summed E-state index contributed by atoms with van der Waals surface area (Å²) >= 11 is 2.31. The molecular formula is C20H34INO. The SMILES string of the molecule is CCCCCCCCCCCCNCCOc1ccc(I)cc1. The number of benzene rings is 1. The molecule has 0 fully saturated rings. The van der Waals surface area contributed by atoms with Gasteiger partial charge >= 0.3 is 0 Å². The molecule has 0 aliphatic heterocycles. The molecule has 0 saturated heterocycles. The summed E-state index contributed by atoms with van der Waals surface area (Å²) in [6.07, 6.45) is 14.0. The Bertz CT molecular complexity index is 366. The van der Waals surface area contributed by atoms with Crippen molar-refractivity contribution in [1.29, 1.82) is 0 Å². The molecule has 1 N–H and O–H groups in total. The lowest BCUT2D eigenvalue weighted by atomic mass is 10.1. The van der Waals surface area contributed by atoms with Crippen molar-refractivity contribution in [3.8, 4) is 5.75 Å². The number of nitrogens with one attached hydrogen (secondary N) is 1. The van der Waals surface area contributed by atoms with E-state index in [1.54, 1.807) is 0 Å². The monoisotopic (exact) mass is 431 g/mol. The van der Waals surface area contributed by atoms with Crippen LogP contribution in [0, 0.1) is 3.57 Å². The maximum absolute atomic E-state index is 5.70. The van der Waals surface area contributed by atoms with Crippen LogP contribution in [0.1, 0.15) is 71.1 Å². The molecule has 0 aliphatic carbocycles. The van der Waals surface area contributed by atoms with E-state index in [-0.39, 0.29) is 0 Å². The summed E-state index contributed by atoms with van der Waals surface area (Å²) in [5.41, 5.74) is 0. The fourth-order valence-corrected chi connectivity index (χ4v) is 2.99. The zero-order valence-electron chi connectivity index (χ0n) is 14.8. The maximum Gasteiger partial charge on any atom is 0.119 e. The molecule has 0 saturated carbocycles. The van der Waals surface area contributed by atoms with E-state index < -0.39 is 0 Å². The summed E-state index contributed by atoms with van der Waals surface area (Å²) in [5, 5.41) is 3.47. The molecule has 132 valence electrons. The molecule has 0 radical (unpaired) electrons. The molecule has 0 amide bonds. The predicted molar refractivity (Wildman–Crippen MR) is 109 cm³/mol. The first-order chi connectivity index (χ1) is 11.3. The van der Waals surface area contributed by atoms with E-state index in [0.29, 0.717) is 0 Å². The topological polar surface area (TPSA) is 21.3 Å². The van der Waals surface area contributed by atoms with E-state index in [0.717, 1.165) is 25.4 Å². The Hall–Kier alpha value is -0.290. The van der Waals surface area contributed by atoms with E-state index in [1.807, 2.05) is 12.1 Å². The van der Waals surface area contributed by atoms with Crippen molar-refractivity contribution >= 4 is 22.6 Å². The molecule has 0 heterocycles. The molecule has 0 spiro atoms. The van der Waals surface area contributed by atoms with Crippen LogP contribution in [0.3, 0.4) is 0 Å². The molecule has 0 aliphatic rings. The largest absolute Gasteiger partial charge is 0.492 e. The second-order valence-electron chi connectivity index (χ2n) is 6.23. The Balaban J connectivity index is 1.77. The van der Waals surface area contributed by atoms with Crippen molar-refractivity contribution in [3.63, 3.8) is 0 Å². The van der Waals surface area contributed by atoms with Crippen LogP contribution in [0.2, 0.25) is 0 Å². The van der Waals surface area contributed by atoms with Gasteiger partial charge in [-0.25, -0.2) is 0 Å². The lowest BCUT2D eigenvalue weighted by molar-refractivity contribution is 0.313. The standard InChI is InChI=1S/C20H34INO/c1-2-3-4-5-6-7-8-9-10-11-16-22-17-18-23-20-14-12-19(21)13-15-20/h12-15,22H,2-11,16-18H2,1H3. The number of hydrogen-bond donors (Lipinski definition) is 1. The molecule has 1 aromatic rings. The van der Waals surface area contributed by atoms with E-state index in [4.69, 9.17) is 4.74 Å². The Kier molecular flexibility index (Phi) is 13.8. The van der Waals surface area contributed by atoms with Crippen LogP contribution in [-0.2, 0) is 0 Å². The minimum Gasteiger partial charge on any atom is -0.492 e. The van der Waals surface area contributed by atoms with E-state index in [1.165, 1.54) is 67.8 Å². The summed E-state index contributed by atoms with van der Waals surface area (Å²) in [6.45, 7) is 5.08. The second-order valence-corrected chi connectivity index (χ2v) is 7.48. The van der Waals surface area contributed by atoms with Crippen molar-refractivity contribution in [2.75, 3.05) is 19.7 Å². The molecule has 0 bridgehead atoms. The highest BCUT2D eigenvalue weighted by atomic mass is 127. The summed E-state index contributed by atoms with van der Waals surface area (Å²) < 4.78 is 6.94. The third-order valence-corrected chi connectivity index (χ3v) is 4.79. The minimum absolute atomic E-state index is 0.748. The Morgan fingerprint density at radius 1 is 0.783 bits per heavy atom. The smallest absolute Gasteiger partial charge is 0.119 e. The van der Waals surface area contributed by atoms with Gasteiger partial charge in [0.15, 0.2) is 0 Å². The average molecular weight is 431 g/mol. The van der Waals surface area contributed by atoms with Gasteiger partial charge < -0.3 is 10.1 Å². The minimum atomic E-state index is 0.748. The molecule has 1 aromatic carbocycles. The van der Waals surface area contributed by atoms with Crippen LogP contribution in [0.5, 0.6) is 5.75 Å². The van der Waals surface area contributed by atoms with Crippen LogP contribution in [0.15, 0.2) is 24.3 Å². The molecule has 2 nitrogen and oxygen atoms in total. The van der Waals surface area contributed by atoms with Gasteiger partial charge in [-0.15, -0.1) is 0 Å². The average Bonchev–Trinajstić information content (AvgIpc) is 2.57. The van der Waals surface area contributed by atoms with Gasteiger partial charge in [0.25, 0.3) is 0 Å². The van der Waals surface area contributed by atoms with Crippen LogP contribution < -0.4 is 10.1 Å². The zero-order chi connectivity index (χ0) is 16.6. The quantitative estimate of drug-likeness (QED) is 0.265. The van der Waals surface area contributed by atoms with Crippen LogP contribution in [0.25, 0.3) is 0 Å². The molecule has 0 aromatic heterocycles. The van der Waals surface area contributed by atoms with Gasteiger partial charge in [-0.3, -0.25) is 0 Å². The molecule has 0 unspecified atom stereocenters. The van der Waals surface area contributed by atoms with Gasteiger partial charge in [-0.1, -0.05) is 64.7 Å². The summed E-state index contributed by atoms with van der Waals surface area (Å²) in [5.74, 6) is 0.964. The highest BCUT2D eigenvalue weighted by Gasteiger charge is 1.95. The fraction of sp³-hybridized carbons (Fsp3) is 0.700. The Morgan fingerprint density at radius 2 is 1.35 bits per heavy atom. The van der Waals surface area contributed by atoms with Crippen molar-refractivity contribution in [1.82, 2.24) is 5.32 Å². The summed E-state index contributed by atoms with van der Waals surface area (Å²) in [7, 11) is 0. The second kappa shape index (κ2) is 15.3. The number of hydrogen-bond acceptors (Lipinski definition) is 2. The molecule has 1 rings (SSSR count). The summed E-state index contributed by atoms with van der Waals surface area (Å²) in [4.78, 5) is 0. The van der Waals surface area contributed by atoms with Crippen LogP contribution >= 0.6 is 22.6 Å². The van der Waals surface area contributed by atoms with Gasteiger partial charge in [0.05, 0.1) is 0 Å². The van der Waals surface area contributed by atoms with Crippen LogP contribution in [0.4, 0.5) is 0 Å². The summed E-state index contributed by atoms with van der Waals surface area (Å²) in [6, 6.07) is 8.22. The lowest BCUT2D eigenvalue weighted by Crippen LogP contribution is -2.22. The van der Waals surface area contributed by atoms with E-state index >= 15 is 0 Å². The zero-order valence-corrected chi connectivity index (χ0v) is 16.9. The maximum atomic E-state index is 5.70. The highest BCUT2D eigenvalue weighted by Crippen LogP contribution is 2.13. The molecule has 0 atom stereocenters. The van der Waals surface area contributed by atoms with Crippen LogP contribution in [-0.4, -0.2) is 19.7 Å². The fourth-order valence-electron chi connectivity index (χ4n) is 2.63. The highest BCUT2D eigenvalue weighted by molar-refractivity contribution is 14.1. The Morgan fingerprint density at radius 3 is 1.96 bits per heavy atom. The first-order valence-electron chi connectivity index (χ1n) is 9.42. The molecule has 3 heteroatoms. The van der Waals surface area contributed by atoms with Gasteiger partial charge in [-0.05, 0) is 59.8 Å². The first-order valence-corrected chi connectivity index (χ1v) is 10.5. The normalized spacial score (nSPS) is 10.9. The molecule has 23 heavy (non-hydrogen) atoms. The number of halogens is 1.